The van der Waals surface area contributed by atoms with Gasteiger partial charge in [-0.3, -0.25) is 0 Å². The van der Waals surface area contributed by atoms with Crippen molar-refractivity contribution in [2.75, 3.05) is 26.2 Å². The molecular weight excluding hydrogens is 606 g/mol. The molecule has 0 spiro atoms. The van der Waals surface area contributed by atoms with E-state index in [0.717, 1.165) is 40.7 Å². The third-order valence-corrected chi connectivity index (χ3v) is 11.0. The number of nitrogens with one attached hydrogen (secondary N) is 2. The molecule has 1 aliphatic heterocycles. The summed E-state index contributed by atoms with van der Waals surface area (Å²) in [5.41, 5.74) is -4.80. The van der Waals surface area contributed by atoms with E-state index >= 15 is 0 Å². The molecule has 4 rings (SSSR count). The minimum absolute atomic E-state index is 0.0132. The van der Waals surface area contributed by atoms with E-state index in [0.29, 0.717) is 6.92 Å². The Morgan fingerprint density at radius 3 is 2.29 bits per heavy atom. The lowest BCUT2D eigenvalue weighted by atomic mass is 9.85. The zero-order valence-corrected chi connectivity index (χ0v) is 24.1. The first-order valence-corrected chi connectivity index (χ1v) is 15.6. The maximum atomic E-state index is 13.6. The Bertz CT molecular complexity index is 1590. The van der Waals surface area contributed by atoms with Gasteiger partial charge in [-0.15, -0.1) is 0 Å². The van der Waals surface area contributed by atoms with Crippen molar-refractivity contribution in [3.05, 3.63) is 88.6 Å². The lowest BCUT2D eigenvalue weighted by molar-refractivity contribution is -0.258. The zero-order valence-electron chi connectivity index (χ0n) is 21.7. The molecule has 0 amide bonds. The Kier molecular flexibility index (Phi) is 8.64. The van der Waals surface area contributed by atoms with Gasteiger partial charge < -0.3 is 10.4 Å². The maximum absolute atomic E-state index is 13.6. The molecule has 0 aromatic heterocycles. The number of allylic oxidation sites excluding steroid dienone is 4. The number of sulfonamides is 2. The smallest absolute Gasteiger partial charge is 0.376 e. The van der Waals surface area contributed by atoms with Gasteiger partial charge >= 0.3 is 6.18 Å². The standard InChI is InChI=1S/C26H27F4N3O5S3/c1-24(34,26(28,29)30)18-6-8-19(9-7-18)25(16-32-40(35,36)21-12-10-20(27)11-13-21)17-33(15-14-31-25)41(37,38)23-5-3-2-4-22(23)39/h2-3,5-13,31-32,34H,4,14-17H2,1H3/t24?,25-/m0/s1. The summed E-state index contributed by atoms with van der Waals surface area (Å²) in [4.78, 5) is -0.0861. The average Bonchev–Trinajstić information content (AvgIpc) is 2.92. The number of benzene rings is 2. The molecule has 0 saturated carbocycles. The number of rotatable bonds is 8. The third-order valence-electron chi connectivity index (χ3n) is 7.09. The van der Waals surface area contributed by atoms with Crippen molar-refractivity contribution >= 4 is 37.1 Å². The van der Waals surface area contributed by atoms with Gasteiger partial charge in [0.1, 0.15) is 5.82 Å². The van der Waals surface area contributed by atoms with Gasteiger partial charge in [0.15, 0.2) is 5.60 Å². The van der Waals surface area contributed by atoms with Crippen LogP contribution in [-0.2, 0) is 31.2 Å². The van der Waals surface area contributed by atoms with Gasteiger partial charge in [0, 0.05) is 37.5 Å². The Morgan fingerprint density at radius 1 is 1.07 bits per heavy atom. The van der Waals surface area contributed by atoms with E-state index in [1.807, 2.05) is 0 Å². The van der Waals surface area contributed by atoms with Crippen molar-refractivity contribution in [3.8, 4) is 0 Å². The topological polar surface area (TPSA) is 116 Å². The van der Waals surface area contributed by atoms with Gasteiger partial charge in [-0.2, -0.15) is 17.5 Å². The van der Waals surface area contributed by atoms with Crippen LogP contribution < -0.4 is 10.0 Å². The number of aliphatic hydroxyl groups is 1. The molecular formula is C26H27F4N3O5S3. The summed E-state index contributed by atoms with van der Waals surface area (Å²) < 4.78 is 110. The summed E-state index contributed by atoms with van der Waals surface area (Å²) in [6.07, 6.45) is -0.0390. The number of halogens is 4. The maximum Gasteiger partial charge on any atom is 0.421 e. The number of nitrogens with zero attached hydrogens (tertiary/aromatic N) is 1. The molecule has 0 bridgehead atoms. The van der Waals surface area contributed by atoms with Crippen LogP contribution in [0.1, 0.15) is 24.5 Å². The van der Waals surface area contributed by atoms with Crippen LogP contribution in [-0.4, -0.2) is 63.5 Å². The molecule has 1 fully saturated rings. The normalized spacial score (nSPS) is 22.3. The fourth-order valence-electron chi connectivity index (χ4n) is 4.56. The predicted octanol–water partition coefficient (Wildman–Crippen LogP) is 3.22. The molecule has 2 atom stereocenters. The Hall–Kier alpha value is -2.53. The van der Waals surface area contributed by atoms with Crippen LogP contribution in [0.3, 0.4) is 0 Å². The third kappa shape index (κ3) is 6.30. The first-order valence-electron chi connectivity index (χ1n) is 12.3. The largest absolute Gasteiger partial charge is 0.421 e. The minimum Gasteiger partial charge on any atom is -0.376 e. The fourth-order valence-corrected chi connectivity index (χ4v) is 7.76. The molecule has 1 saturated heterocycles. The quantitative estimate of drug-likeness (QED) is 0.302. The first kappa shape index (κ1) is 31.4. The van der Waals surface area contributed by atoms with Crippen LogP contribution in [0.4, 0.5) is 17.6 Å². The highest BCUT2D eigenvalue weighted by Crippen LogP contribution is 2.39. The molecule has 2 aromatic carbocycles. The molecule has 1 aliphatic carbocycles. The Balaban J connectivity index is 1.73. The number of hydrogen-bond acceptors (Lipinski definition) is 7. The molecule has 3 N–H and O–H groups in total. The van der Waals surface area contributed by atoms with Crippen molar-refractivity contribution in [1.29, 1.82) is 0 Å². The monoisotopic (exact) mass is 633 g/mol. The van der Waals surface area contributed by atoms with Gasteiger partial charge in [0.2, 0.25) is 20.0 Å². The van der Waals surface area contributed by atoms with Gasteiger partial charge in [-0.05, 0) is 48.4 Å². The van der Waals surface area contributed by atoms with Crippen LogP contribution in [0.25, 0.3) is 0 Å². The molecule has 15 heteroatoms. The van der Waals surface area contributed by atoms with E-state index in [2.05, 4.69) is 10.0 Å². The van der Waals surface area contributed by atoms with Gasteiger partial charge in [0.05, 0.1) is 15.3 Å². The highest BCUT2D eigenvalue weighted by Gasteiger charge is 2.51. The first-order chi connectivity index (χ1) is 19.0. The molecule has 0 radical (unpaired) electrons. The fraction of sp³-hybridized carbons (Fsp3) is 0.346. The summed E-state index contributed by atoms with van der Waals surface area (Å²) in [7, 11) is -8.33. The number of piperazine rings is 1. The molecule has 41 heavy (non-hydrogen) atoms. The van der Waals surface area contributed by atoms with Crippen molar-refractivity contribution in [3.63, 3.8) is 0 Å². The lowest BCUT2D eigenvalue weighted by Gasteiger charge is -2.44. The van der Waals surface area contributed by atoms with Crippen LogP contribution >= 0.6 is 12.2 Å². The number of alkyl halides is 3. The summed E-state index contributed by atoms with van der Waals surface area (Å²) in [6, 6.07) is 8.72. The second-order valence-electron chi connectivity index (χ2n) is 9.86. The van der Waals surface area contributed by atoms with E-state index in [-0.39, 0.29) is 46.3 Å². The zero-order chi connectivity index (χ0) is 30.3. The summed E-state index contributed by atoms with van der Waals surface area (Å²) in [6.45, 7) is -0.0389. The van der Waals surface area contributed by atoms with Crippen LogP contribution in [0.5, 0.6) is 0 Å². The second-order valence-corrected chi connectivity index (χ2v) is 14.0. The lowest BCUT2D eigenvalue weighted by Crippen LogP contribution is -2.63. The molecule has 2 aliphatic rings. The highest BCUT2D eigenvalue weighted by atomic mass is 32.2. The van der Waals surface area contributed by atoms with Crippen molar-refractivity contribution in [2.45, 2.75) is 35.6 Å². The van der Waals surface area contributed by atoms with Crippen molar-refractivity contribution < 1.29 is 39.5 Å². The van der Waals surface area contributed by atoms with Crippen molar-refractivity contribution in [2.24, 2.45) is 0 Å². The SMILES string of the molecule is CC(O)(c1ccc([C@]2(CNS(=O)(=O)c3ccc(F)cc3)CN(S(=O)(=O)C3=CC=CCC3=S)CCN2)cc1)C(F)(F)F. The van der Waals surface area contributed by atoms with E-state index in [9.17, 15) is 39.5 Å². The van der Waals surface area contributed by atoms with E-state index in [1.54, 1.807) is 12.2 Å². The molecule has 1 heterocycles. The summed E-state index contributed by atoms with van der Waals surface area (Å²) in [5.74, 6) is -0.644. The molecule has 2 aromatic rings. The Labute approximate surface area is 240 Å². The second kappa shape index (κ2) is 11.3. The molecule has 1 unspecified atom stereocenters. The van der Waals surface area contributed by atoms with Gasteiger partial charge in [-0.25, -0.2) is 25.9 Å². The molecule has 8 nitrogen and oxygen atoms in total. The van der Waals surface area contributed by atoms with Gasteiger partial charge in [0.25, 0.3) is 0 Å². The van der Waals surface area contributed by atoms with E-state index < -0.39 is 55.3 Å². The van der Waals surface area contributed by atoms with E-state index in [4.69, 9.17) is 12.2 Å². The average molecular weight is 634 g/mol. The van der Waals surface area contributed by atoms with Crippen LogP contribution in [0, 0.1) is 5.82 Å². The summed E-state index contributed by atoms with van der Waals surface area (Å²) in [5, 5.41) is 13.2. The summed E-state index contributed by atoms with van der Waals surface area (Å²) >= 11 is 5.26. The van der Waals surface area contributed by atoms with E-state index in [1.165, 1.54) is 18.2 Å². The predicted molar refractivity (Wildman–Crippen MR) is 148 cm³/mol. The molecule has 222 valence electrons. The van der Waals surface area contributed by atoms with Crippen LogP contribution in [0.2, 0.25) is 0 Å². The minimum atomic E-state index is -4.97. The highest BCUT2D eigenvalue weighted by molar-refractivity contribution is 7.96. The number of hydrogen-bond donors (Lipinski definition) is 3. The van der Waals surface area contributed by atoms with Gasteiger partial charge in [-0.1, -0.05) is 48.6 Å². The Morgan fingerprint density at radius 2 is 1.71 bits per heavy atom. The van der Waals surface area contributed by atoms with Crippen molar-refractivity contribution in [1.82, 2.24) is 14.3 Å². The van der Waals surface area contributed by atoms with Crippen LogP contribution in [0.15, 0.2) is 76.6 Å². The number of thiocarbonyl (C=S) groups is 1.